The Morgan fingerprint density at radius 2 is 1.81 bits per heavy atom. The van der Waals surface area contributed by atoms with E-state index in [1.54, 1.807) is 23.9 Å². The van der Waals surface area contributed by atoms with Gasteiger partial charge in [0.15, 0.2) is 11.0 Å². The van der Waals surface area contributed by atoms with Crippen LogP contribution in [0.3, 0.4) is 0 Å². The lowest BCUT2D eigenvalue weighted by molar-refractivity contribution is 0.290. The molecule has 0 saturated carbocycles. The van der Waals surface area contributed by atoms with Gasteiger partial charge in [-0.15, -0.1) is 10.2 Å². The molecule has 0 bridgehead atoms. The maximum Gasteiger partial charge on any atom is 0.191 e. The maximum absolute atomic E-state index is 5.88. The molecular weight excluding hydrogens is 370 g/mol. The summed E-state index contributed by atoms with van der Waals surface area (Å²) >= 11 is 7.50. The van der Waals surface area contributed by atoms with Gasteiger partial charge in [0.1, 0.15) is 18.1 Å². The minimum absolute atomic E-state index is 0.348. The first-order valence-corrected chi connectivity index (χ1v) is 9.64. The number of nitrogens with zero attached hydrogens (tertiary/aromatic N) is 3. The molecule has 0 aliphatic heterocycles. The van der Waals surface area contributed by atoms with Crippen molar-refractivity contribution in [1.82, 2.24) is 14.8 Å². The first-order valence-electron chi connectivity index (χ1n) is 8.27. The van der Waals surface area contributed by atoms with Crippen molar-refractivity contribution in [2.24, 2.45) is 7.05 Å². The number of para-hydroxylation sites is 1. The molecule has 0 spiro atoms. The zero-order chi connectivity index (χ0) is 18.4. The maximum atomic E-state index is 5.88. The Morgan fingerprint density at radius 3 is 2.58 bits per heavy atom. The van der Waals surface area contributed by atoms with Gasteiger partial charge in [-0.2, -0.15) is 0 Å². The van der Waals surface area contributed by atoms with E-state index in [0.717, 1.165) is 33.8 Å². The van der Waals surface area contributed by atoms with Gasteiger partial charge in [0.2, 0.25) is 0 Å². The Morgan fingerprint density at radius 1 is 1.04 bits per heavy atom. The smallest absolute Gasteiger partial charge is 0.191 e. The van der Waals surface area contributed by atoms with E-state index in [1.165, 1.54) is 0 Å². The summed E-state index contributed by atoms with van der Waals surface area (Å²) in [6, 6.07) is 15.3. The zero-order valence-electron chi connectivity index (χ0n) is 14.7. The quantitative estimate of drug-likeness (QED) is 0.521. The lowest BCUT2D eigenvalue weighted by Gasteiger charge is -2.09. The fraction of sp³-hybridized carbons (Fsp3) is 0.263. The van der Waals surface area contributed by atoms with Crippen LogP contribution in [-0.2, 0) is 19.4 Å². The van der Waals surface area contributed by atoms with Crippen LogP contribution in [0.5, 0.6) is 11.5 Å². The van der Waals surface area contributed by atoms with Gasteiger partial charge < -0.3 is 14.0 Å². The molecule has 1 heterocycles. The molecule has 0 saturated heterocycles. The largest absolute Gasteiger partial charge is 0.494 e. The Bertz CT molecular complexity index is 852. The van der Waals surface area contributed by atoms with Gasteiger partial charge in [-0.1, -0.05) is 41.6 Å². The molecule has 26 heavy (non-hydrogen) atoms. The zero-order valence-corrected chi connectivity index (χ0v) is 16.3. The van der Waals surface area contributed by atoms with E-state index in [4.69, 9.17) is 21.1 Å². The van der Waals surface area contributed by atoms with Crippen LogP contribution < -0.4 is 9.47 Å². The number of rotatable bonds is 8. The Labute approximate surface area is 162 Å². The van der Waals surface area contributed by atoms with Crippen LogP contribution in [-0.4, -0.2) is 21.4 Å². The van der Waals surface area contributed by atoms with Crippen LogP contribution in [0.25, 0.3) is 0 Å². The average molecular weight is 390 g/mol. The van der Waals surface area contributed by atoms with Gasteiger partial charge in [0, 0.05) is 23.4 Å². The van der Waals surface area contributed by atoms with Gasteiger partial charge in [0.25, 0.3) is 0 Å². The highest BCUT2D eigenvalue weighted by molar-refractivity contribution is 7.98. The molecule has 1 aromatic heterocycles. The second-order valence-corrected chi connectivity index (χ2v) is 6.91. The predicted molar refractivity (Wildman–Crippen MR) is 104 cm³/mol. The van der Waals surface area contributed by atoms with Crippen LogP contribution in [0.15, 0.2) is 53.7 Å². The topological polar surface area (TPSA) is 49.2 Å². The standard InChI is InChI=1S/C19H20ClN3O2S/c1-3-24-17-7-5-4-6-14(17)13-26-19-22-21-18(23(19)2)12-25-16-10-8-15(20)9-11-16/h4-11H,3,12-13H2,1-2H3. The van der Waals surface area contributed by atoms with E-state index in [1.807, 2.05) is 48.9 Å². The molecule has 0 amide bonds. The predicted octanol–water partition coefficient (Wildman–Crippen LogP) is 4.74. The van der Waals surface area contributed by atoms with E-state index in [0.29, 0.717) is 18.2 Å². The molecule has 0 fully saturated rings. The van der Waals surface area contributed by atoms with Crippen LogP contribution in [0, 0.1) is 0 Å². The normalized spacial score (nSPS) is 10.7. The second-order valence-electron chi connectivity index (χ2n) is 5.53. The number of halogens is 1. The summed E-state index contributed by atoms with van der Waals surface area (Å²) in [5, 5.41) is 10.0. The van der Waals surface area contributed by atoms with Crippen molar-refractivity contribution in [3.05, 3.63) is 64.9 Å². The minimum Gasteiger partial charge on any atom is -0.494 e. The summed E-state index contributed by atoms with van der Waals surface area (Å²) in [5.41, 5.74) is 1.14. The third-order valence-corrected chi connectivity index (χ3v) is 5.06. The first-order chi connectivity index (χ1) is 12.7. The molecule has 0 atom stereocenters. The molecule has 7 heteroatoms. The number of hydrogen-bond donors (Lipinski definition) is 0. The van der Waals surface area contributed by atoms with E-state index in [2.05, 4.69) is 16.3 Å². The number of hydrogen-bond acceptors (Lipinski definition) is 5. The van der Waals surface area contributed by atoms with E-state index >= 15 is 0 Å². The third kappa shape index (κ3) is 4.71. The van der Waals surface area contributed by atoms with Crippen molar-refractivity contribution >= 4 is 23.4 Å². The lowest BCUT2D eigenvalue weighted by Crippen LogP contribution is -2.04. The van der Waals surface area contributed by atoms with Crippen LogP contribution >= 0.6 is 23.4 Å². The van der Waals surface area contributed by atoms with Crippen molar-refractivity contribution in [1.29, 1.82) is 0 Å². The second kappa shape index (κ2) is 8.96. The van der Waals surface area contributed by atoms with Gasteiger partial charge in [0.05, 0.1) is 6.61 Å². The average Bonchev–Trinajstić information content (AvgIpc) is 3.01. The van der Waals surface area contributed by atoms with Crippen molar-refractivity contribution in [3.63, 3.8) is 0 Å². The highest BCUT2D eigenvalue weighted by atomic mass is 35.5. The molecule has 0 radical (unpaired) electrons. The molecule has 3 aromatic rings. The Kier molecular flexibility index (Phi) is 6.41. The SMILES string of the molecule is CCOc1ccccc1CSc1nnc(COc2ccc(Cl)cc2)n1C. The van der Waals surface area contributed by atoms with Crippen molar-refractivity contribution in [3.8, 4) is 11.5 Å². The minimum atomic E-state index is 0.348. The summed E-state index contributed by atoms with van der Waals surface area (Å²) in [4.78, 5) is 0. The highest BCUT2D eigenvalue weighted by Crippen LogP contribution is 2.27. The van der Waals surface area contributed by atoms with Gasteiger partial charge in [-0.3, -0.25) is 0 Å². The molecule has 136 valence electrons. The number of aromatic nitrogens is 3. The summed E-state index contributed by atoms with van der Waals surface area (Å²) in [6.45, 7) is 2.98. The van der Waals surface area contributed by atoms with Crippen molar-refractivity contribution < 1.29 is 9.47 Å². The molecule has 0 unspecified atom stereocenters. The molecule has 0 aliphatic rings. The van der Waals surface area contributed by atoms with Gasteiger partial charge in [-0.25, -0.2) is 0 Å². The Balaban J connectivity index is 1.61. The molecule has 2 aromatic carbocycles. The van der Waals surface area contributed by atoms with Crippen molar-refractivity contribution in [2.45, 2.75) is 24.4 Å². The monoisotopic (exact) mass is 389 g/mol. The fourth-order valence-corrected chi connectivity index (χ4v) is 3.38. The molecule has 3 rings (SSSR count). The fourth-order valence-electron chi connectivity index (χ4n) is 2.34. The summed E-state index contributed by atoms with van der Waals surface area (Å²) in [7, 11) is 1.94. The number of benzene rings is 2. The highest BCUT2D eigenvalue weighted by Gasteiger charge is 2.11. The number of thioether (sulfide) groups is 1. The van der Waals surface area contributed by atoms with Crippen molar-refractivity contribution in [2.75, 3.05) is 6.61 Å². The molecular formula is C19H20ClN3O2S. The van der Waals surface area contributed by atoms with Crippen LogP contribution in [0.4, 0.5) is 0 Å². The van der Waals surface area contributed by atoms with E-state index in [-0.39, 0.29) is 0 Å². The van der Waals surface area contributed by atoms with E-state index < -0.39 is 0 Å². The summed E-state index contributed by atoms with van der Waals surface area (Å²) in [6.07, 6.45) is 0. The first kappa shape index (κ1) is 18.6. The Hall–Kier alpha value is -2.18. The summed E-state index contributed by atoms with van der Waals surface area (Å²) < 4.78 is 13.4. The summed E-state index contributed by atoms with van der Waals surface area (Å²) in [5.74, 6) is 3.19. The third-order valence-electron chi connectivity index (χ3n) is 3.74. The van der Waals surface area contributed by atoms with Crippen LogP contribution in [0.2, 0.25) is 5.02 Å². The number of ether oxygens (including phenoxy) is 2. The lowest BCUT2D eigenvalue weighted by atomic mass is 10.2. The molecule has 0 aliphatic carbocycles. The molecule has 5 nitrogen and oxygen atoms in total. The van der Waals surface area contributed by atoms with Crippen LogP contribution in [0.1, 0.15) is 18.3 Å². The molecule has 0 N–H and O–H groups in total. The van der Waals surface area contributed by atoms with Gasteiger partial charge in [-0.05, 0) is 37.3 Å². The van der Waals surface area contributed by atoms with E-state index in [9.17, 15) is 0 Å². The van der Waals surface area contributed by atoms with Gasteiger partial charge >= 0.3 is 0 Å².